The molecule has 9 nitrogen and oxygen atoms in total. The van der Waals surface area contributed by atoms with Crippen LogP contribution in [0, 0.1) is 18.2 Å². The summed E-state index contributed by atoms with van der Waals surface area (Å²) in [5, 5.41) is 13.2. The van der Waals surface area contributed by atoms with E-state index >= 15 is 0 Å². The molecule has 2 N–H and O–H groups in total. The van der Waals surface area contributed by atoms with Crippen molar-refractivity contribution in [2.24, 2.45) is 5.41 Å². The van der Waals surface area contributed by atoms with Crippen molar-refractivity contribution in [2.45, 2.75) is 91.4 Å². The van der Waals surface area contributed by atoms with Crippen LogP contribution in [0.15, 0.2) is 30.5 Å². The summed E-state index contributed by atoms with van der Waals surface area (Å²) in [6.45, 7) is 11.8. The van der Waals surface area contributed by atoms with Gasteiger partial charge in [-0.3, -0.25) is 9.20 Å². The molecule has 1 aromatic carbocycles. The number of piperidine rings is 1. The molecule has 3 aromatic rings. The number of nitrogens with one attached hydrogen (secondary N) is 1. The summed E-state index contributed by atoms with van der Waals surface area (Å²) in [5.41, 5.74) is 2.03. The van der Waals surface area contributed by atoms with Crippen molar-refractivity contribution < 1.29 is 28.6 Å². The van der Waals surface area contributed by atoms with Crippen LogP contribution in [0.4, 0.5) is 10.2 Å². The van der Waals surface area contributed by atoms with Crippen molar-refractivity contribution in [3.05, 3.63) is 58.7 Å². The number of carboxylic acid groups (broad SMARTS) is 1. The molecule has 0 spiro atoms. The number of halogens is 1. The first-order valence-electron chi connectivity index (χ1n) is 15.2. The smallest absolute Gasteiger partial charge is 0.337 e. The van der Waals surface area contributed by atoms with Gasteiger partial charge >= 0.3 is 5.97 Å². The molecule has 1 saturated heterocycles. The molecule has 3 aliphatic heterocycles. The normalized spacial score (nSPS) is 18.7. The Kier molecular flexibility index (Phi) is 8.70. The Labute approximate surface area is 252 Å². The van der Waals surface area contributed by atoms with Crippen LogP contribution < -0.4 is 15.0 Å². The highest BCUT2D eigenvalue weighted by Gasteiger charge is 2.36. The Morgan fingerprint density at radius 2 is 1.91 bits per heavy atom. The van der Waals surface area contributed by atoms with E-state index < -0.39 is 29.4 Å². The van der Waals surface area contributed by atoms with E-state index in [1.54, 1.807) is 18.3 Å². The van der Waals surface area contributed by atoms with Crippen LogP contribution in [0.2, 0.25) is 0 Å². The van der Waals surface area contributed by atoms with Crippen molar-refractivity contribution in [1.82, 2.24) is 14.7 Å². The average molecular weight is 595 g/mol. The number of hydrogen-bond acceptors (Lipinski definition) is 6. The number of carbonyl (C=O) groups excluding carboxylic acids is 1. The molecule has 5 heterocycles. The lowest BCUT2D eigenvalue weighted by Gasteiger charge is -2.42. The third-order valence-electron chi connectivity index (χ3n) is 8.58. The number of rotatable bonds is 3. The van der Waals surface area contributed by atoms with E-state index in [9.17, 15) is 19.1 Å². The van der Waals surface area contributed by atoms with Crippen molar-refractivity contribution in [1.29, 1.82) is 0 Å². The lowest BCUT2D eigenvalue weighted by atomic mass is 9.76. The second kappa shape index (κ2) is 12.1. The molecular weight excluding hydrogens is 551 g/mol. The zero-order valence-corrected chi connectivity index (χ0v) is 25.8. The topological polar surface area (TPSA) is 105 Å². The monoisotopic (exact) mass is 594 g/mol. The number of amides is 1. The second-order valence-electron chi connectivity index (χ2n) is 13.3. The van der Waals surface area contributed by atoms with Crippen LogP contribution in [0.1, 0.15) is 99.5 Å². The maximum Gasteiger partial charge on any atom is 0.337 e. The average Bonchev–Trinajstić information content (AvgIpc) is 3.36. The van der Waals surface area contributed by atoms with E-state index in [-0.39, 0.29) is 17.7 Å². The minimum absolute atomic E-state index is 0.0714. The Morgan fingerprint density at radius 3 is 2.60 bits per heavy atom. The third kappa shape index (κ3) is 6.95. The molecule has 1 amide bonds. The van der Waals surface area contributed by atoms with E-state index in [0.717, 1.165) is 57.2 Å². The molecular formula is C33H43FN4O5. The lowest BCUT2D eigenvalue weighted by Crippen LogP contribution is -2.41. The number of anilines is 1. The zero-order chi connectivity index (χ0) is 30.9. The fourth-order valence-electron chi connectivity index (χ4n) is 6.20. The molecule has 2 aromatic heterocycles. The summed E-state index contributed by atoms with van der Waals surface area (Å²) in [4.78, 5) is 32.9. The highest BCUT2D eigenvalue weighted by atomic mass is 19.1. The van der Waals surface area contributed by atoms with Gasteiger partial charge in [-0.05, 0) is 88.6 Å². The number of hydrogen-bond donors (Lipinski definition) is 2. The van der Waals surface area contributed by atoms with Gasteiger partial charge in [0.2, 0.25) is 0 Å². The molecule has 4 bridgehead atoms. The van der Waals surface area contributed by atoms with Crippen LogP contribution in [0.5, 0.6) is 5.75 Å². The Hall–Kier alpha value is -3.66. The highest BCUT2D eigenvalue weighted by Crippen LogP contribution is 2.41. The molecule has 6 rings (SSSR count). The molecule has 0 aliphatic carbocycles. The van der Waals surface area contributed by atoms with Gasteiger partial charge in [0, 0.05) is 37.0 Å². The largest absolute Gasteiger partial charge is 0.493 e. The Morgan fingerprint density at radius 1 is 1.16 bits per heavy atom. The fourth-order valence-corrected chi connectivity index (χ4v) is 6.20. The predicted molar refractivity (Wildman–Crippen MR) is 162 cm³/mol. The second-order valence-corrected chi connectivity index (χ2v) is 13.3. The van der Waals surface area contributed by atoms with Gasteiger partial charge in [-0.15, -0.1) is 0 Å². The van der Waals surface area contributed by atoms with Crippen LogP contribution in [0.25, 0.3) is 5.65 Å². The first-order chi connectivity index (χ1) is 20.3. The van der Waals surface area contributed by atoms with E-state index in [1.165, 1.54) is 12.1 Å². The van der Waals surface area contributed by atoms with Crippen LogP contribution in [-0.2, 0) is 16.1 Å². The number of imidazole rings is 1. The predicted octanol–water partition coefficient (Wildman–Crippen LogP) is 6.21. The number of pyridine rings is 1. The van der Waals surface area contributed by atoms with Crippen molar-refractivity contribution in [3.63, 3.8) is 0 Å². The number of ether oxygens (including phenoxy) is 2. The van der Waals surface area contributed by atoms with E-state index in [0.29, 0.717) is 34.9 Å². The van der Waals surface area contributed by atoms with Gasteiger partial charge in [-0.1, -0.05) is 19.8 Å². The minimum Gasteiger partial charge on any atom is -0.493 e. The summed E-state index contributed by atoms with van der Waals surface area (Å²) < 4.78 is 28.1. The van der Waals surface area contributed by atoms with Gasteiger partial charge in [0.25, 0.3) is 5.91 Å². The number of carbonyl (C=O) groups is 2. The Balaban J connectivity index is 1.60. The van der Waals surface area contributed by atoms with Gasteiger partial charge in [0.1, 0.15) is 28.7 Å². The zero-order valence-electron chi connectivity index (χ0n) is 25.8. The summed E-state index contributed by atoms with van der Waals surface area (Å²) in [6, 6.07) is 6.15. The van der Waals surface area contributed by atoms with E-state index in [1.807, 2.05) is 32.1 Å². The maximum atomic E-state index is 14.1. The molecule has 0 radical (unpaired) electrons. The molecule has 1 atom stereocenters. The summed E-state index contributed by atoms with van der Waals surface area (Å²) in [5.74, 6) is -0.655. The number of aromatic nitrogens is 2. The number of aryl methyl sites for hydroxylation is 1. The highest BCUT2D eigenvalue weighted by molar-refractivity contribution is 5.93. The van der Waals surface area contributed by atoms with Gasteiger partial charge < -0.3 is 24.8 Å². The molecule has 0 saturated carbocycles. The SMILES string of the molecule is Cc1cc2nc3cn2c(c1[C@H](OC(C)(C)C)C(=O)O)N1CCC(C)(CCCCCOc2ccc(F)cc2CNC3=O)CC1. The van der Waals surface area contributed by atoms with Crippen LogP contribution >= 0.6 is 0 Å². The number of carboxylic acids is 1. The molecule has 1 fully saturated rings. The number of fused-ring (bicyclic) bond motifs is 9. The first kappa shape index (κ1) is 30.8. The van der Waals surface area contributed by atoms with E-state index in [2.05, 4.69) is 22.1 Å². The van der Waals surface area contributed by atoms with Gasteiger partial charge in [0.15, 0.2) is 6.10 Å². The first-order valence-corrected chi connectivity index (χ1v) is 15.2. The van der Waals surface area contributed by atoms with Gasteiger partial charge in [0.05, 0.1) is 12.2 Å². The third-order valence-corrected chi connectivity index (χ3v) is 8.58. The minimum atomic E-state index is -1.21. The van der Waals surface area contributed by atoms with Gasteiger partial charge in [-0.25, -0.2) is 14.2 Å². The van der Waals surface area contributed by atoms with Crippen LogP contribution in [0.3, 0.4) is 0 Å². The van der Waals surface area contributed by atoms with Crippen molar-refractivity contribution in [3.8, 4) is 5.75 Å². The maximum absolute atomic E-state index is 14.1. The van der Waals surface area contributed by atoms with Crippen LogP contribution in [-0.4, -0.2) is 51.7 Å². The fraction of sp³-hybridized carbons (Fsp3) is 0.545. The molecule has 43 heavy (non-hydrogen) atoms. The molecule has 232 valence electrons. The molecule has 3 aliphatic rings. The van der Waals surface area contributed by atoms with Crippen molar-refractivity contribution in [2.75, 3.05) is 24.6 Å². The lowest BCUT2D eigenvalue weighted by molar-refractivity contribution is -0.160. The molecule has 0 unspecified atom stereocenters. The number of benzene rings is 1. The quantitative estimate of drug-likeness (QED) is 0.371. The summed E-state index contributed by atoms with van der Waals surface area (Å²) >= 11 is 0. The molecule has 10 heteroatoms. The Bertz CT molecular complexity index is 1500. The summed E-state index contributed by atoms with van der Waals surface area (Å²) in [7, 11) is 0. The number of aliphatic carboxylic acids is 1. The van der Waals surface area contributed by atoms with Crippen molar-refractivity contribution >= 4 is 23.3 Å². The summed E-state index contributed by atoms with van der Waals surface area (Å²) in [6.07, 6.45) is 6.45. The van der Waals surface area contributed by atoms with Gasteiger partial charge in [-0.2, -0.15) is 0 Å². The van der Waals surface area contributed by atoms with E-state index in [4.69, 9.17) is 9.47 Å². The standard InChI is InChI=1S/C33H43FN4O5/c1-21-17-26-36-24-20-38(26)30(27(21)28(31(40)41)43-32(2,3)4)37-14-12-33(5,13-15-37)11-7-6-8-16-42-25-10-9-23(34)18-22(25)19-35-29(24)39/h9-10,17-18,20,28H,6-8,11-16,19H2,1-5H3,(H,35,39)(H,40,41)/t28-/m0/s1. The number of nitrogens with zero attached hydrogens (tertiary/aromatic N) is 3.